The fraction of sp³-hybridized carbons (Fsp3) is 0.222. The number of aromatic nitrogens is 3. The van der Waals surface area contributed by atoms with Crippen LogP contribution in [0, 0.1) is 0 Å². The fourth-order valence-corrected chi connectivity index (χ4v) is 1.34. The summed E-state index contributed by atoms with van der Waals surface area (Å²) in [7, 11) is 1.60. The fourth-order valence-electron chi connectivity index (χ4n) is 1.34. The van der Waals surface area contributed by atoms with Gasteiger partial charge < -0.3 is 4.42 Å². The molecule has 0 atom stereocenters. The van der Waals surface area contributed by atoms with Crippen LogP contribution in [-0.2, 0) is 13.6 Å². The zero-order valence-corrected chi connectivity index (χ0v) is 9.08. The van der Waals surface area contributed by atoms with Crippen LogP contribution in [0.5, 0.6) is 0 Å². The average molecular weight is 237 g/mol. The molecule has 8 nitrogen and oxygen atoms in total. The van der Waals surface area contributed by atoms with Crippen LogP contribution >= 0.6 is 0 Å². The highest BCUT2D eigenvalue weighted by Gasteiger charge is 2.10. The number of nitrogen functional groups attached to an aromatic ring is 1. The molecule has 0 saturated carbocycles. The van der Waals surface area contributed by atoms with Crippen molar-refractivity contribution in [2.45, 2.75) is 6.54 Å². The van der Waals surface area contributed by atoms with Gasteiger partial charge in [-0.2, -0.15) is 5.10 Å². The third-order valence-electron chi connectivity index (χ3n) is 2.24. The van der Waals surface area contributed by atoms with Crippen LogP contribution in [0.3, 0.4) is 0 Å². The highest BCUT2D eigenvalue weighted by molar-refractivity contribution is 5.93. The molecule has 0 bridgehead atoms. The van der Waals surface area contributed by atoms with Gasteiger partial charge in [-0.3, -0.25) is 14.8 Å². The Morgan fingerprint density at radius 3 is 3.00 bits per heavy atom. The van der Waals surface area contributed by atoms with Crippen LogP contribution in [0.25, 0.3) is 0 Å². The molecule has 2 aromatic rings. The second kappa shape index (κ2) is 4.26. The molecule has 0 fully saturated rings. The van der Waals surface area contributed by atoms with Crippen LogP contribution in [0.4, 0.5) is 0 Å². The monoisotopic (exact) mass is 237 g/mol. The molecular weight excluding hydrogens is 226 g/mol. The van der Waals surface area contributed by atoms with Gasteiger partial charge in [0.05, 0.1) is 5.56 Å². The number of nitrogens with zero attached hydrogens (tertiary/aromatic N) is 3. The molecule has 0 spiro atoms. The summed E-state index contributed by atoms with van der Waals surface area (Å²) in [5.41, 5.74) is 2.03. The molecule has 0 aliphatic carbocycles. The van der Waals surface area contributed by atoms with Gasteiger partial charge in [0.25, 0.3) is 5.91 Å². The summed E-state index contributed by atoms with van der Waals surface area (Å²) in [5, 5.41) is 3.87. The smallest absolute Gasteiger partial charge is 0.345 e. The summed E-state index contributed by atoms with van der Waals surface area (Å²) in [4.78, 5) is 22.7. The Morgan fingerprint density at radius 2 is 2.41 bits per heavy atom. The molecule has 0 aliphatic rings. The van der Waals surface area contributed by atoms with Crippen molar-refractivity contribution in [3.63, 3.8) is 0 Å². The quantitative estimate of drug-likeness (QED) is 0.397. The maximum atomic E-state index is 11.5. The third kappa shape index (κ3) is 2.11. The van der Waals surface area contributed by atoms with Gasteiger partial charge in [0.1, 0.15) is 24.9 Å². The Labute approximate surface area is 95.6 Å². The second-order valence-corrected chi connectivity index (χ2v) is 3.46. The molecular formula is C9H11N5O3. The van der Waals surface area contributed by atoms with Crippen molar-refractivity contribution in [3.05, 3.63) is 40.5 Å². The molecule has 8 heteroatoms. The Hall–Kier alpha value is -2.35. The van der Waals surface area contributed by atoms with E-state index in [1.807, 2.05) is 5.43 Å². The number of hydrazine groups is 1. The Kier molecular flexibility index (Phi) is 2.79. The van der Waals surface area contributed by atoms with Crippen molar-refractivity contribution in [1.29, 1.82) is 0 Å². The summed E-state index contributed by atoms with van der Waals surface area (Å²) in [6.45, 7) is 0.164. The maximum absolute atomic E-state index is 11.5. The van der Waals surface area contributed by atoms with Gasteiger partial charge in [0.15, 0.2) is 0 Å². The van der Waals surface area contributed by atoms with Gasteiger partial charge in [-0.05, 0) is 6.07 Å². The molecule has 17 heavy (non-hydrogen) atoms. The van der Waals surface area contributed by atoms with Crippen molar-refractivity contribution < 1.29 is 9.21 Å². The lowest BCUT2D eigenvalue weighted by molar-refractivity contribution is 0.0953. The molecule has 1 amide bonds. The van der Waals surface area contributed by atoms with E-state index in [4.69, 9.17) is 10.3 Å². The number of rotatable bonds is 3. The Balaban J connectivity index is 2.20. The van der Waals surface area contributed by atoms with Gasteiger partial charge in [-0.25, -0.2) is 15.3 Å². The summed E-state index contributed by atoms with van der Waals surface area (Å²) >= 11 is 0. The standard InChI is InChI=1S/C9H11N5O3/c1-13-5-11-14(9(13)16)3-7-2-6(4-17-7)8(15)12-10/h2,4-5H,3,10H2,1H3,(H,12,15). The maximum Gasteiger partial charge on any atom is 0.345 e. The highest BCUT2D eigenvalue weighted by atomic mass is 16.3. The van der Waals surface area contributed by atoms with Crippen molar-refractivity contribution in [3.8, 4) is 0 Å². The van der Waals surface area contributed by atoms with Crippen LogP contribution in [0.2, 0.25) is 0 Å². The van der Waals surface area contributed by atoms with Crippen LogP contribution in [0.1, 0.15) is 16.1 Å². The van der Waals surface area contributed by atoms with Gasteiger partial charge in [-0.1, -0.05) is 0 Å². The number of nitrogens with one attached hydrogen (secondary N) is 1. The lowest BCUT2D eigenvalue weighted by Gasteiger charge is -1.94. The van der Waals surface area contributed by atoms with Crippen LogP contribution < -0.4 is 17.0 Å². The predicted octanol–water partition coefficient (Wildman–Crippen LogP) is -1.17. The van der Waals surface area contributed by atoms with Crippen molar-refractivity contribution in [2.24, 2.45) is 12.9 Å². The third-order valence-corrected chi connectivity index (χ3v) is 2.24. The van der Waals surface area contributed by atoms with Crippen molar-refractivity contribution >= 4 is 5.91 Å². The summed E-state index contributed by atoms with van der Waals surface area (Å²) in [6.07, 6.45) is 2.67. The summed E-state index contributed by atoms with van der Waals surface area (Å²) < 4.78 is 7.70. The lowest BCUT2D eigenvalue weighted by Crippen LogP contribution is -2.29. The number of aryl methyl sites for hydroxylation is 1. The zero-order chi connectivity index (χ0) is 12.4. The molecule has 0 aliphatic heterocycles. The first-order chi connectivity index (χ1) is 8.11. The van der Waals surface area contributed by atoms with E-state index in [0.717, 1.165) is 0 Å². The van der Waals surface area contributed by atoms with Gasteiger partial charge in [-0.15, -0.1) is 0 Å². The molecule has 0 radical (unpaired) electrons. The molecule has 3 N–H and O–H groups in total. The molecule has 0 saturated heterocycles. The number of hydrogen-bond acceptors (Lipinski definition) is 5. The van der Waals surface area contributed by atoms with E-state index in [2.05, 4.69) is 5.10 Å². The van der Waals surface area contributed by atoms with Crippen LogP contribution in [0.15, 0.2) is 27.9 Å². The predicted molar refractivity (Wildman–Crippen MR) is 56.9 cm³/mol. The number of amides is 1. The molecule has 0 aromatic carbocycles. The second-order valence-electron chi connectivity index (χ2n) is 3.46. The normalized spacial score (nSPS) is 10.5. The van der Waals surface area contributed by atoms with Gasteiger partial charge in [0.2, 0.25) is 0 Å². The number of hydrogen-bond donors (Lipinski definition) is 2. The van der Waals surface area contributed by atoms with E-state index in [0.29, 0.717) is 11.3 Å². The zero-order valence-electron chi connectivity index (χ0n) is 9.08. The van der Waals surface area contributed by atoms with Crippen LogP contribution in [-0.4, -0.2) is 20.3 Å². The molecule has 2 rings (SSSR count). The van der Waals surface area contributed by atoms with Crippen molar-refractivity contribution in [1.82, 2.24) is 19.8 Å². The Bertz CT molecular complexity index is 594. The number of carbonyl (C=O) groups is 1. The van der Waals surface area contributed by atoms with E-state index in [1.54, 1.807) is 7.05 Å². The van der Waals surface area contributed by atoms with E-state index in [9.17, 15) is 9.59 Å². The number of nitrogens with two attached hydrogens (primary N) is 1. The van der Waals surface area contributed by atoms with E-state index >= 15 is 0 Å². The molecule has 2 aromatic heterocycles. The molecule has 0 unspecified atom stereocenters. The van der Waals surface area contributed by atoms with Gasteiger partial charge >= 0.3 is 5.69 Å². The average Bonchev–Trinajstić information content (AvgIpc) is 2.91. The summed E-state index contributed by atoms with van der Waals surface area (Å²) in [5.74, 6) is 4.98. The minimum atomic E-state index is -0.451. The first-order valence-electron chi connectivity index (χ1n) is 4.78. The Morgan fingerprint density at radius 1 is 1.65 bits per heavy atom. The SMILES string of the molecule is Cn1cnn(Cc2cc(C(=O)NN)co2)c1=O. The first-order valence-corrected chi connectivity index (χ1v) is 4.78. The van der Waals surface area contributed by atoms with E-state index in [1.165, 1.54) is 27.9 Å². The molecule has 90 valence electrons. The lowest BCUT2D eigenvalue weighted by atomic mass is 10.3. The van der Waals surface area contributed by atoms with E-state index in [-0.39, 0.29) is 12.2 Å². The highest BCUT2D eigenvalue weighted by Crippen LogP contribution is 2.08. The van der Waals surface area contributed by atoms with Crippen molar-refractivity contribution in [2.75, 3.05) is 0 Å². The minimum absolute atomic E-state index is 0.164. The molecule has 2 heterocycles. The summed E-state index contributed by atoms with van der Waals surface area (Å²) in [6, 6.07) is 1.50. The minimum Gasteiger partial charge on any atom is -0.467 e. The van der Waals surface area contributed by atoms with E-state index < -0.39 is 5.91 Å². The number of carbonyl (C=O) groups excluding carboxylic acids is 1. The first kappa shape index (κ1) is 11.1. The van der Waals surface area contributed by atoms with Gasteiger partial charge in [0, 0.05) is 7.05 Å². The largest absolute Gasteiger partial charge is 0.467 e. The topological polar surface area (TPSA) is 108 Å². The number of furan rings is 1.